The van der Waals surface area contributed by atoms with Crippen molar-refractivity contribution < 1.29 is 4.79 Å². The number of nitrogens with zero attached hydrogens (tertiary/aromatic N) is 2. The Bertz CT molecular complexity index is 539. The molecule has 1 aromatic heterocycles. The first-order chi connectivity index (χ1) is 6.77. The number of aryl methyl sites for hydroxylation is 2. The maximum absolute atomic E-state index is 11.6. The van der Waals surface area contributed by atoms with Crippen molar-refractivity contribution in [3.05, 3.63) is 29.5 Å². The fraction of sp³-hybridized carbons (Fsp3) is 0.273. The van der Waals surface area contributed by atoms with Crippen LogP contribution in [-0.4, -0.2) is 15.6 Å². The SMILES string of the molecule is Cn1nc2cccc3c2c1CCC3=O. The highest BCUT2D eigenvalue weighted by Gasteiger charge is 2.22. The first-order valence-electron chi connectivity index (χ1n) is 4.75. The summed E-state index contributed by atoms with van der Waals surface area (Å²) in [6, 6.07) is 5.76. The lowest BCUT2D eigenvalue weighted by Crippen LogP contribution is -2.10. The van der Waals surface area contributed by atoms with Crippen LogP contribution in [0.5, 0.6) is 0 Å². The van der Waals surface area contributed by atoms with E-state index < -0.39 is 0 Å². The molecule has 1 aromatic carbocycles. The maximum Gasteiger partial charge on any atom is 0.164 e. The zero-order chi connectivity index (χ0) is 9.71. The van der Waals surface area contributed by atoms with E-state index in [9.17, 15) is 4.79 Å². The predicted molar refractivity (Wildman–Crippen MR) is 53.4 cm³/mol. The van der Waals surface area contributed by atoms with Crippen molar-refractivity contribution in [2.75, 3.05) is 0 Å². The molecule has 1 heterocycles. The van der Waals surface area contributed by atoms with Crippen LogP contribution in [-0.2, 0) is 13.5 Å². The third-order valence-corrected chi connectivity index (χ3v) is 2.87. The highest BCUT2D eigenvalue weighted by molar-refractivity contribution is 6.10. The molecule has 0 unspecified atom stereocenters. The number of Topliss-reactive ketones (excluding diaryl/α,β-unsaturated/α-hetero) is 1. The van der Waals surface area contributed by atoms with Crippen LogP contribution in [0.2, 0.25) is 0 Å². The minimum atomic E-state index is 0.246. The molecule has 14 heavy (non-hydrogen) atoms. The van der Waals surface area contributed by atoms with Crippen LogP contribution in [0.3, 0.4) is 0 Å². The first kappa shape index (κ1) is 7.74. The number of rotatable bonds is 0. The predicted octanol–water partition coefficient (Wildman–Crippen LogP) is 1.70. The molecule has 0 radical (unpaired) electrons. The molecule has 3 heteroatoms. The number of hydrogen-bond acceptors (Lipinski definition) is 2. The minimum Gasteiger partial charge on any atom is -0.294 e. The van der Waals surface area contributed by atoms with Crippen molar-refractivity contribution in [3.8, 4) is 0 Å². The van der Waals surface area contributed by atoms with Gasteiger partial charge in [-0.25, -0.2) is 0 Å². The summed E-state index contributed by atoms with van der Waals surface area (Å²) in [5, 5.41) is 5.44. The second kappa shape index (κ2) is 2.44. The topological polar surface area (TPSA) is 34.9 Å². The molecule has 0 N–H and O–H groups in total. The third kappa shape index (κ3) is 0.816. The van der Waals surface area contributed by atoms with Gasteiger partial charge in [0.2, 0.25) is 0 Å². The smallest absolute Gasteiger partial charge is 0.164 e. The standard InChI is InChI=1S/C11H10N2O/c1-13-9-5-6-10(14)7-3-2-4-8(12-13)11(7)9/h2-4H,5-6H2,1H3. The van der Waals surface area contributed by atoms with E-state index in [-0.39, 0.29) is 5.78 Å². The van der Waals surface area contributed by atoms with Crippen LogP contribution in [0, 0.1) is 0 Å². The van der Waals surface area contributed by atoms with E-state index >= 15 is 0 Å². The quantitative estimate of drug-likeness (QED) is 0.627. The summed E-state index contributed by atoms with van der Waals surface area (Å²) in [5.41, 5.74) is 2.97. The van der Waals surface area contributed by atoms with Gasteiger partial charge in [0.15, 0.2) is 5.78 Å². The van der Waals surface area contributed by atoms with E-state index in [2.05, 4.69) is 5.10 Å². The van der Waals surface area contributed by atoms with Gasteiger partial charge in [0, 0.05) is 30.1 Å². The van der Waals surface area contributed by atoms with Crippen LogP contribution in [0.25, 0.3) is 10.9 Å². The Labute approximate surface area is 81.3 Å². The Balaban J connectivity index is 2.53. The van der Waals surface area contributed by atoms with E-state index in [1.807, 2.05) is 29.9 Å². The molecule has 0 amide bonds. The lowest BCUT2D eigenvalue weighted by atomic mass is 9.94. The van der Waals surface area contributed by atoms with E-state index in [1.54, 1.807) is 0 Å². The van der Waals surface area contributed by atoms with Gasteiger partial charge in [-0.15, -0.1) is 0 Å². The molecule has 3 rings (SSSR count). The van der Waals surface area contributed by atoms with E-state index in [0.29, 0.717) is 6.42 Å². The molecule has 1 aliphatic rings. The number of benzene rings is 1. The van der Waals surface area contributed by atoms with Crippen LogP contribution < -0.4 is 0 Å². The van der Waals surface area contributed by atoms with Gasteiger partial charge in [-0.05, 0) is 12.5 Å². The zero-order valence-electron chi connectivity index (χ0n) is 7.95. The summed E-state index contributed by atoms with van der Waals surface area (Å²) in [5.74, 6) is 0.246. The summed E-state index contributed by atoms with van der Waals surface area (Å²) in [4.78, 5) is 11.6. The Hall–Kier alpha value is -1.64. The highest BCUT2D eigenvalue weighted by Crippen LogP contribution is 2.28. The molecular formula is C11H10N2O. The molecule has 2 aromatic rings. The van der Waals surface area contributed by atoms with Gasteiger partial charge in [0.25, 0.3) is 0 Å². The van der Waals surface area contributed by atoms with Crippen molar-refractivity contribution >= 4 is 16.7 Å². The molecular weight excluding hydrogens is 176 g/mol. The normalized spacial score (nSPS) is 15.1. The van der Waals surface area contributed by atoms with Crippen molar-refractivity contribution in [3.63, 3.8) is 0 Å². The number of carbonyl (C=O) groups is 1. The average Bonchev–Trinajstić information content (AvgIpc) is 2.50. The van der Waals surface area contributed by atoms with E-state index in [0.717, 1.165) is 22.9 Å². The lowest BCUT2D eigenvalue weighted by molar-refractivity contribution is 0.0981. The van der Waals surface area contributed by atoms with Gasteiger partial charge < -0.3 is 0 Å². The van der Waals surface area contributed by atoms with Crippen LogP contribution in [0.1, 0.15) is 22.5 Å². The molecule has 0 spiro atoms. The molecule has 0 bridgehead atoms. The maximum atomic E-state index is 11.6. The summed E-state index contributed by atoms with van der Waals surface area (Å²) in [6.45, 7) is 0. The molecule has 0 fully saturated rings. The second-order valence-corrected chi connectivity index (χ2v) is 3.69. The van der Waals surface area contributed by atoms with Gasteiger partial charge in [-0.1, -0.05) is 12.1 Å². The van der Waals surface area contributed by atoms with Crippen LogP contribution in [0.4, 0.5) is 0 Å². The Kier molecular flexibility index (Phi) is 1.35. The molecule has 3 nitrogen and oxygen atoms in total. The molecule has 70 valence electrons. The highest BCUT2D eigenvalue weighted by atomic mass is 16.1. The molecule has 1 aliphatic carbocycles. The van der Waals surface area contributed by atoms with Crippen LogP contribution >= 0.6 is 0 Å². The van der Waals surface area contributed by atoms with Crippen molar-refractivity contribution in [2.24, 2.45) is 7.05 Å². The molecule has 0 atom stereocenters. The Morgan fingerprint density at radius 1 is 1.36 bits per heavy atom. The van der Waals surface area contributed by atoms with Crippen molar-refractivity contribution in [1.82, 2.24) is 9.78 Å². The van der Waals surface area contributed by atoms with Gasteiger partial charge in [0.05, 0.1) is 5.52 Å². The van der Waals surface area contributed by atoms with E-state index in [4.69, 9.17) is 0 Å². The van der Waals surface area contributed by atoms with Gasteiger partial charge in [-0.2, -0.15) is 5.10 Å². The average molecular weight is 186 g/mol. The first-order valence-corrected chi connectivity index (χ1v) is 4.75. The number of carbonyl (C=O) groups excluding carboxylic acids is 1. The zero-order valence-corrected chi connectivity index (χ0v) is 7.95. The van der Waals surface area contributed by atoms with Gasteiger partial charge in [0.1, 0.15) is 0 Å². The molecule has 0 saturated heterocycles. The van der Waals surface area contributed by atoms with Crippen LogP contribution in [0.15, 0.2) is 18.2 Å². The van der Waals surface area contributed by atoms with Crippen molar-refractivity contribution in [2.45, 2.75) is 12.8 Å². The summed E-state index contributed by atoms with van der Waals surface area (Å²) >= 11 is 0. The summed E-state index contributed by atoms with van der Waals surface area (Å²) in [7, 11) is 1.94. The number of aromatic nitrogens is 2. The fourth-order valence-electron chi connectivity index (χ4n) is 2.20. The van der Waals surface area contributed by atoms with Gasteiger partial charge in [-0.3, -0.25) is 9.48 Å². The molecule has 0 aliphatic heterocycles. The van der Waals surface area contributed by atoms with Crippen molar-refractivity contribution in [1.29, 1.82) is 0 Å². The molecule has 0 saturated carbocycles. The minimum absolute atomic E-state index is 0.246. The lowest BCUT2D eigenvalue weighted by Gasteiger charge is -2.10. The summed E-state index contributed by atoms with van der Waals surface area (Å²) in [6.07, 6.45) is 1.44. The second-order valence-electron chi connectivity index (χ2n) is 3.69. The van der Waals surface area contributed by atoms with E-state index in [1.165, 1.54) is 5.69 Å². The largest absolute Gasteiger partial charge is 0.294 e. The Morgan fingerprint density at radius 3 is 3.07 bits per heavy atom. The monoisotopic (exact) mass is 186 g/mol. The third-order valence-electron chi connectivity index (χ3n) is 2.87. The fourth-order valence-corrected chi connectivity index (χ4v) is 2.20. The number of ketones is 1. The van der Waals surface area contributed by atoms with Gasteiger partial charge >= 0.3 is 0 Å². The summed E-state index contributed by atoms with van der Waals surface area (Å²) < 4.78 is 1.89. The Morgan fingerprint density at radius 2 is 2.21 bits per heavy atom. The number of hydrogen-bond donors (Lipinski definition) is 0.